The molecule has 140 valence electrons. The minimum absolute atomic E-state index is 0.297. The van der Waals surface area contributed by atoms with Crippen molar-refractivity contribution >= 4 is 33.9 Å². The molecule has 0 saturated carbocycles. The molecule has 2 aromatic heterocycles. The molecule has 4 aromatic rings. The number of fused-ring (bicyclic) bond motifs is 1. The van der Waals surface area contributed by atoms with Gasteiger partial charge in [0.05, 0.1) is 39.0 Å². The Morgan fingerprint density at radius 2 is 1.90 bits per heavy atom. The van der Waals surface area contributed by atoms with Gasteiger partial charge >= 0.3 is 0 Å². The van der Waals surface area contributed by atoms with Gasteiger partial charge in [0.1, 0.15) is 0 Å². The van der Waals surface area contributed by atoms with Crippen LogP contribution in [0.25, 0.3) is 21.5 Å². The molecule has 6 heteroatoms. The van der Waals surface area contributed by atoms with Gasteiger partial charge in [0.2, 0.25) is 0 Å². The molecule has 2 aromatic carbocycles. The number of thiophene rings is 1. The summed E-state index contributed by atoms with van der Waals surface area (Å²) in [5.74, 6) is -0.297. The Morgan fingerprint density at radius 1 is 1.10 bits per heavy atom. The number of carbonyl (C=O) groups excluding carboxylic acids is 1. The molecule has 0 spiro atoms. The van der Waals surface area contributed by atoms with Crippen molar-refractivity contribution in [1.82, 2.24) is 10.4 Å². The van der Waals surface area contributed by atoms with Gasteiger partial charge in [-0.3, -0.25) is 4.79 Å². The molecule has 0 aliphatic rings. The summed E-state index contributed by atoms with van der Waals surface area (Å²) in [6, 6.07) is 22.5. The van der Waals surface area contributed by atoms with E-state index in [1.165, 1.54) is 0 Å². The summed E-state index contributed by atoms with van der Waals surface area (Å²) >= 11 is 1.58. The second kappa shape index (κ2) is 8.05. The van der Waals surface area contributed by atoms with Crippen LogP contribution in [0.2, 0.25) is 0 Å². The van der Waals surface area contributed by atoms with Crippen LogP contribution >= 0.6 is 11.3 Å². The van der Waals surface area contributed by atoms with E-state index in [9.17, 15) is 4.79 Å². The van der Waals surface area contributed by atoms with E-state index in [1.54, 1.807) is 41.7 Å². The van der Waals surface area contributed by atoms with Crippen molar-refractivity contribution in [3.8, 4) is 16.6 Å². The lowest BCUT2D eigenvalue weighted by atomic mass is 10.1. The summed E-state index contributed by atoms with van der Waals surface area (Å²) in [4.78, 5) is 18.6. The number of carbonyl (C=O) groups is 1. The highest BCUT2D eigenvalue weighted by Gasteiger charge is 2.14. The molecule has 0 aliphatic carbocycles. The molecule has 0 aliphatic heterocycles. The molecule has 0 bridgehead atoms. The molecule has 0 atom stereocenters. The SMILES string of the molecule is C/C(=N\NC(=O)c1cc(-c2cccs2)nc2ccccc12)c1ccc(C#N)cc1. The molecule has 29 heavy (non-hydrogen) atoms. The van der Waals surface area contributed by atoms with Gasteiger partial charge in [0, 0.05) is 5.39 Å². The lowest BCUT2D eigenvalue weighted by Gasteiger charge is -2.08. The van der Waals surface area contributed by atoms with Gasteiger partial charge < -0.3 is 0 Å². The van der Waals surface area contributed by atoms with E-state index in [4.69, 9.17) is 5.26 Å². The number of hydrogen-bond donors (Lipinski definition) is 1. The maximum atomic E-state index is 12.9. The lowest BCUT2D eigenvalue weighted by Crippen LogP contribution is -2.20. The number of para-hydroxylation sites is 1. The molecule has 2 heterocycles. The van der Waals surface area contributed by atoms with Gasteiger partial charge in [0.15, 0.2) is 0 Å². The van der Waals surface area contributed by atoms with Gasteiger partial charge in [-0.25, -0.2) is 10.4 Å². The Morgan fingerprint density at radius 3 is 2.62 bits per heavy atom. The zero-order chi connectivity index (χ0) is 20.2. The predicted molar refractivity (Wildman–Crippen MR) is 116 cm³/mol. The molecular formula is C23H16N4OS. The highest BCUT2D eigenvalue weighted by Crippen LogP contribution is 2.27. The van der Waals surface area contributed by atoms with Crippen molar-refractivity contribution in [2.24, 2.45) is 5.10 Å². The summed E-state index contributed by atoms with van der Waals surface area (Å²) < 4.78 is 0. The van der Waals surface area contributed by atoms with Gasteiger partial charge in [-0.2, -0.15) is 10.4 Å². The fourth-order valence-electron chi connectivity index (χ4n) is 2.96. The van der Waals surface area contributed by atoms with Crippen molar-refractivity contribution in [3.05, 3.63) is 88.8 Å². The van der Waals surface area contributed by atoms with E-state index in [2.05, 4.69) is 21.6 Å². The van der Waals surface area contributed by atoms with Gasteiger partial charge in [-0.1, -0.05) is 36.4 Å². The Bertz CT molecular complexity index is 1250. The average molecular weight is 396 g/mol. The smallest absolute Gasteiger partial charge is 0.267 e. The highest BCUT2D eigenvalue weighted by molar-refractivity contribution is 7.13. The third-order valence-corrected chi connectivity index (χ3v) is 5.38. The molecule has 5 nitrogen and oxygen atoms in total. The number of nitrogens with zero attached hydrogens (tertiary/aromatic N) is 3. The van der Waals surface area contributed by atoms with Gasteiger partial charge in [-0.05, 0) is 48.2 Å². The Labute approximate surface area is 172 Å². The third kappa shape index (κ3) is 3.91. The molecule has 4 rings (SSSR count). The zero-order valence-corrected chi connectivity index (χ0v) is 16.4. The van der Waals surface area contributed by atoms with E-state index >= 15 is 0 Å². The van der Waals surface area contributed by atoms with Crippen molar-refractivity contribution in [1.29, 1.82) is 5.26 Å². The normalized spacial score (nSPS) is 11.2. The summed E-state index contributed by atoms with van der Waals surface area (Å²) in [7, 11) is 0. The minimum atomic E-state index is -0.297. The van der Waals surface area contributed by atoms with E-state index in [1.807, 2.05) is 48.7 Å². The first-order chi connectivity index (χ1) is 14.2. The topological polar surface area (TPSA) is 78.1 Å². The molecule has 0 unspecified atom stereocenters. The quantitative estimate of drug-likeness (QED) is 0.390. The van der Waals surface area contributed by atoms with Crippen LogP contribution in [0.3, 0.4) is 0 Å². The number of pyridine rings is 1. The number of aromatic nitrogens is 1. The fourth-order valence-corrected chi connectivity index (χ4v) is 3.65. The molecule has 0 saturated heterocycles. The first-order valence-electron chi connectivity index (χ1n) is 8.94. The van der Waals surface area contributed by atoms with Crippen LogP contribution in [-0.2, 0) is 0 Å². The Hall–Kier alpha value is -3.82. The largest absolute Gasteiger partial charge is 0.272 e. The Kier molecular flexibility index (Phi) is 5.14. The number of amides is 1. The summed E-state index contributed by atoms with van der Waals surface area (Å²) in [6.07, 6.45) is 0. The van der Waals surface area contributed by atoms with Crippen molar-refractivity contribution in [2.45, 2.75) is 6.92 Å². The third-order valence-electron chi connectivity index (χ3n) is 4.49. The summed E-state index contributed by atoms with van der Waals surface area (Å²) in [5, 5.41) is 15.9. The standard InChI is InChI=1S/C23H16N4OS/c1-15(17-10-8-16(14-24)9-11-17)26-27-23(28)19-13-21(22-7-4-12-29-22)25-20-6-3-2-5-18(19)20/h2-13H,1H3,(H,27,28)/b26-15+. The van der Waals surface area contributed by atoms with Crippen LogP contribution in [0.1, 0.15) is 28.4 Å². The number of hydrazone groups is 1. The van der Waals surface area contributed by atoms with Crippen LogP contribution in [0, 0.1) is 11.3 Å². The number of benzene rings is 2. The van der Waals surface area contributed by atoms with E-state index in [-0.39, 0.29) is 5.91 Å². The zero-order valence-electron chi connectivity index (χ0n) is 15.6. The van der Waals surface area contributed by atoms with Crippen LogP contribution in [0.4, 0.5) is 0 Å². The van der Waals surface area contributed by atoms with E-state index in [0.717, 1.165) is 27.0 Å². The number of hydrogen-bond acceptors (Lipinski definition) is 5. The number of nitriles is 1. The fraction of sp³-hybridized carbons (Fsp3) is 0.0435. The molecule has 1 N–H and O–H groups in total. The molecule has 0 fully saturated rings. The van der Waals surface area contributed by atoms with E-state index in [0.29, 0.717) is 16.8 Å². The van der Waals surface area contributed by atoms with Crippen LogP contribution in [0.5, 0.6) is 0 Å². The Balaban J connectivity index is 1.66. The maximum absolute atomic E-state index is 12.9. The molecule has 1 amide bonds. The summed E-state index contributed by atoms with van der Waals surface area (Å²) in [6.45, 7) is 1.81. The van der Waals surface area contributed by atoms with Gasteiger partial charge in [0.25, 0.3) is 5.91 Å². The van der Waals surface area contributed by atoms with Crippen LogP contribution < -0.4 is 5.43 Å². The number of rotatable bonds is 4. The van der Waals surface area contributed by atoms with Crippen molar-refractivity contribution in [2.75, 3.05) is 0 Å². The monoisotopic (exact) mass is 396 g/mol. The average Bonchev–Trinajstić information content (AvgIpc) is 3.31. The summed E-state index contributed by atoms with van der Waals surface area (Å²) in [5.41, 5.74) is 6.76. The molecule has 0 radical (unpaired) electrons. The second-order valence-electron chi connectivity index (χ2n) is 6.38. The van der Waals surface area contributed by atoms with E-state index < -0.39 is 0 Å². The lowest BCUT2D eigenvalue weighted by molar-refractivity contribution is 0.0956. The highest BCUT2D eigenvalue weighted by atomic mass is 32.1. The predicted octanol–water partition coefficient (Wildman–Crippen LogP) is 4.99. The number of nitrogens with one attached hydrogen (secondary N) is 1. The second-order valence-corrected chi connectivity index (χ2v) is 7.32. The van der Waals surface area contributed by atoms with Crippen LogP contribution in [0.15, 0.2) is 77.2 Å². The van der Waals surface area contributed by atoms with Gasteiger partial charge in [-0.15, -0.1) is 11.3 Å². The molecular weight excluding hydrogens is 380 g/mol. The first kappa shape index (κ1) is 18.5. The maximum Gasteiger partial charge on any atom is 0.272 e. The minimum Gasteiger partial charge on any atom is -0.267 e. The van der Waals surface area contributed by atoms with Crippen LogP contribution in [-0.4, -0.2) is 16.6 Å². The van der Waals surface area contributed by atoms with Crippen molar-refractivity contribution < 1.29 is 4.79 Å². The van der Waals surface area contributed by atoms with Crippen molar-refractivity contribution in [3.63, 3.8) is 0 Å². The first-order valence-corrected chi connectivity index (χ1v) is 9.82.